The summed E-state index contributed by atoms with van der Waals surface area (Å²) in [5.74, 6) is 0. The lowest BCUT2D eigenvalue weighted by molar-refractivity contribution is 0.0793. The Labute approximate surface area is 51.9 Å². The van der Waals surface area contributed by atoms with E-state index in [0.717, 1.165) is 0 Å². The Balaban J connectivity index is 2.41. The maximum absolute atomic E-state index is 8.48. The van der Waals surface area contributed by atoms with E-state index in [1.165, 1.54) is 0 Å². The first-order valence-corrected chi connectivity index (χ1v) is 2.29. The van der Waals surface area contributed by atoms with E-state index in [2.05, 4.69) is 13.7 Å². The topological polar surface area (TPSA) is 88.4 Å². The first-order chi connectivity index (χ1) is 4.10. The number of rotatable bonds is 0. The Morgan fingerprint density at radius 3 is 2.44 bits per heavy atom. The summed E-state index contributed by atoms with van der Waals surface area (Å²) in [5, 5.41) is 25.4. The van der Waals surface area contributed by atoms with Crippen molar-refractivity contribution >= 4 is 22.0 Å². The number of hydrogen-bond donors (Lipinski definition) is 3. The van der Waals surface area contributed by atoms with Gasteiger partial charge in [0.05, 0.1) is 0 Å². The maximum Gasteiger partial charge on any atom is 0.580 e. The molecule has 0 aromatic carbocycles. The van der Waals surface area contributed by atoms with Crippen LogP contribution in [0.4, 0.5) is 0 Å². The highest BCUT2D eigenvalue weighted by Gasteiger charge is 2.34. The van der Waals surface area contributed by atoms with Gasteiger partial charge in [-0.25, -0.2) is 0 Å². The van der Waals surface area contributed by atoms with E-state index in [0.29, 0.717) is 0 Å². The van der Waals surface area contributed by atoms with Crippen LogP contribution in [0.3, 0.4) is 0 Å². The fourth-order valence-corrected chi connectivity index (χ4v) is 0.416. The lowest BCUT2D eigenvalue weighted by Crippen LogP contribution is -2.54. The molecule has 6 nitrogen and oxygen atoms in total. The van der Waals surface area contributed by atoms with Crippen molar-refractivity contribution < 1.29 is 28.8 Å². The molecule has 0 aliphatic carbocycles. The smallest absolute Gasteiger partial charge is 0.567 e. The second-order valence-corrected chi connectivity index (χ2v) is 1.53. The summed E-state index contributed by atoms with van der Waals surface area (Å²) in [4.78, 5) is 0. The van der Waals surface area contributed by atoms with Crippen molar-refractivity contribution in [3.8, 4) is 0 Å². The predicted molar refractivity (Wildman–Crippen MR) is 28.6 cm³/mol. The summed E-state index contributed by atoms with van der Waals surface area (Å²) in [6, 6.07) is 0. The van der Waals surface area contributed by atoms with E-state index in [1.807, 2.05) is 0 Å². The molecule has 9 heavy (non-hydrogen) atoms. The van der Waals surface area contributed by atoms with Gasteiger partial charge in [-0.15, -0.1) is 0 Å². The van der Waals surface area contributed by atoms with Gasteiger partial charge in [0, 0.05) is 0 Å². The van der Waals surface area contributed by atoms with Gasteiger partial charge in [0.2, 0.25) is 0 Å². The molecule has 0 radical (unpaired) electrons. The van der Waals surface area contributed by atoms with Crippen LogP contribution in [0, 0.1) is 0 Å². The minimum absolute atomic E-state index is 0.395. The third-order valence-corrected chi connectivity index (χ3v) is 0.789. The molecule has 0 spiro atoms. The van der Waals surface area contributed by atoms with Gasteiger partial charge in [0.15, 0.2) is 0 Å². The third-order valence-electron chi connectivity index (χ3n) is 0.789. The fourth-order valence-electron chi connectivity index (χ4n) is 0.416. The van der Waals surface area contributed by atoms with Gasteiger partial charge in [0.25, 0.3) is 0 Å². The zero-order valence-electron chi connectivity index (χ0n) is 4.43. The van der Waals surface area contributed by atoms with Crippen LogP contribution in [0.2, 0.25) is 0 Å². The zero-order chi connectivity index (χ0) is 6.91. The van der Waals surface area contributed by atoms with Gasteiger partial charge in [-0.1, -0.05) is 0 Å². The minimum atomic E-state index is -3.31. The average Bonchev–Trinajstić information content (AvgIpc) is 1.60. The molecule has 0 saturated carbocycles. The molecule has 0 aromatic heterocycles. The molecule has 9 heteroatoms. The monoisotopic (exact) mass is 133 g/mol. The van der Waals surface area contributed by atoms with Crippen molar-refractivity contribution in [2.24, 2.45) is 0 Å². The average molecular weight is 132 g/mol. The Morgan fingerprint density at radius 2 is 2.11 bits per heavy atom. The highest BCUT2D eigenvalue weighted by atomic mass is 16.9. The van der Waals surface area contributed by atoms with Gasteiger partial charge in [-0.2, -0.15) is 0 Å². The molecule has 0 amide bonds. The Bertz CT molecular complexity index is 100. The Morgan fingerprint density at radius 1 is 1.44 bits per heavy atom. The first kappa shape index (κ1) is 7.07. The lowest BCUT2D eigenvalue weighted by atomic mass is 9.95. The van der Waals surface area contributed by atoms with E-state index in [1.54, 1.807) is 0 Å². The molecular weight excluding hydrogens is 128 g/mol. The van der Waals surface area contributed by atoms with E-state index < -0.39 is 22.0 Å². The quantitative estimate of drug-likeness (QED) is 0.300. The van der Waals surface area contributed by atoms with Gasteiger partial charge in [-0.05, 0) is 0 Å². The second kappa shape index (κ2) is 2.29. The van der Waals surface area contributed by atoms with Crippen LogP contribution in [0.5, 0.6) is 0 Å². The summed E-state index contributed by atoms with van der Waals surface area (Å²) in [6.07, 6.45) is 0. The van der Waals surface area contributed by atoms with Crippen molar-refractivity contribution in [1.82, 2.24) is 0 Å². The van der Waals surface area contributed by atoms with Crippen molar-refractivity contribution in [3.63, 3.8) is 0 Å². The zero-order valence-corrected chi connectivity index (χ0v) is 4.43. The molecular formula is H4B3O6-. The first-order valence-electron chi connectivity index (χ1n) is 2.29. The largest absolute Gasteiger partial charge is 0.580 e. The Hall–Kier alpha value is -0.0452. The molecule has 0 unspecified atom stereocenters. The summed E-state index contributed by atoms with van der Waals surface area (Å²) in [5.41, 5.74) is 0. The molecule has 50 valence electrons. The second-order valence-electron chi connectivity index (χ2n) is 1.53. The molecule has 1 heterocycles. The van der Waals surface area contributed by atoms with Crippen LogP contribution in [0.1, 0.15) is 0 Å². The van der Waals surface area contributed by atoms with Gasteiger partial charge < -0.3 is 28.8 Å². The molecule has 1 aliphatic heterocycles. The summed E-state index contributed by atoms with van der Waals surface area (Å²) >= 11 is 0. The fraction of sp³-hybridized carbons (Fsp3) is 0. The van der Waals surface area contributed by atoms with E-state index in [-0.39, 0.29) is 0 Å². The van der Waals surface area contributed by atoms with Crippen LogP contribution >= 0.6 is 0 Å². The standard InChI is InChI=1S/B3H4O6/c4-2-7-1-8-3(5,6)9-2/h1,4-6H/q-1. The van der Waals surface area contributed by atoms with E-state index >= 15 is 0 Å². The van der Waals surface area contributed by atoms with Crippen LogP contribution in [-0.4, -0.2) is 37.0 Å². The normalized spacial score (nSPS) is 25.4. The summed E-state index contributed by atoms with van der Waals surface area (Å²) < 4.78 is 12.3. The SMILES string of the molecule is OB1OBO[B-](O)(O)O1. The van der Waals surface area contributed by atoms with Crippen LogP contribution in [0.25, 0.3) is 0 Å². The predicted octanol–water partition coefficient (Wildman–Crippen LogP) is -3.29. The molecule has 3 N–H and O–H groups in total. The molecule has 1 aliphatic rings. The van der Waals surface area contributed by atoms with Gasteiger partial charge in [0.1, 0.15) is 0 Å². The van der Waals surface area contributed by atoms with Crippen LogP contribution in [-0.2, 0) is 13.7 Å². The van der Waals surface area contributed by atoms with E-state index in [4.69, 9.17) is 15.1 Å². The molecule has 0 atom stereocenters. The highest BCUT2D eigenvalue weighted by Crippen LogP contribution is 2.04. The summed E-state index contributed by atoms with van der Waals surface area (Å²) in [7, 11) is -2.01. The van der Waals surface area contributed by atoms with E-state index in [9.17, 15) is 0 Å². The molecule has 1 rings (SSSR count). The minimum Gasteiger partial charge on any atom is -0.567 e. The molecule has 0 bridgehead atoms. The molecule has 1 fully saturated rings. The summed E-state index contributed by atoms with van der Waals surface area (Å²) in [6.45, 7) is -3.31. The molecule has 0 aromatic rings. The third kappa shape index (κ3) is 1.97. The van der Waals surface area contributed by atoms with Crippen LogP contribution in [0.15, 0.2) is 0 Å². The molecule has 1 saturated heterocycles. The maximum atomic E-state index is 8.48. The lowest BCUT2D eigenvalue weighted by Gasteiger charge is -2.35. The van der Waals surface area contributed by atoms with Crippen molar-refractivity contribution in [1.29, 1.82) is 0 Å². The van der Waals surface area contributed by atoms with Crippen molar-refractivity contribution in [3.05, 3.63) is 0 Å². The number of hydrogen-bond acceptors (Lipinski definition) is 6. The van der Waals surface area contributed by atoms with Crippen LogP contribution < -0.4 is 0 Å². The van der Waals surface area contributed by atoms with Crippen molar-refractivity contribution in [2.45, 2.75) is 0 Å². The Kier molecular flexibility index (Phi) is 1.80. The van der Waals surface area contributed by atoms with Gasteiger partial charge >= 0.3 is 22.0 Å². The van der Waals surface area contributed by atoms with Gasteiger partial charge in [-0.3, -0.25) is 0 Å². The van der Waals surface area contributed by atoms with Crippen molar-refractivity contribution in [2.75, 3.05) is 0 Å². The highest BCUT2D eigenvalue weighted by molar-refractivity contribution is 6.68.